The Kier molecular flexibility index (Phi) is 6.27. The van der Waals surface area contributed by atoms with Crippen molar-refractivity contribution in [3.63, 3.8) is 0 Å². The highest BCUT2D eigenvalue weighted by Crippen LogP contribution is 2.25. The Labute approximate surface area is 214 Å². The van der Waals surface area contributed by atoms with Crippen molar-refractivity contribution in [1.82, 2.24) is 14.2 Å². The lowest BCUT2D eigenvalue weighted by atomic mass is 10.1. The van der Waals surface area contributed by atoms with Gasteiger partial charge in [-0.2, -0.15) is 9.78 Å². The molecule has 2 heterocycles. The van der Waals surface area contributed by atoms with E-state index in [2.05, 4.69) is 9.67 Å². The Morgan fingerprint density at radius 2 is 1.68 bits per heavy atom. The van der Waals surface area contributed by atoms with E-state index in [1.54, 1.807) is 18.3 Å². The first kappa shape index (κ1) is 23.9. The summed E-state index contributed by atoms with van der Waals surface area (Å²) in [6.07, 6.45) is 1.68. The maximum Gasteiger partial charge on any atom is 0.338 e. The molecule has 0 saturated heterocycles. The van der Waals surface area contributed by atoms with Crippen molar-refractivity contribution in [2.45, 2.75) is 20.8 Å². The van der Waals surface area contributed by atoms with Crippen LogP contribution in [0.5, 0.6) is 0 Å². The zero-order valence-corrected chi connectivity index (χ0v) is 21.1. The summed E-state index contributed by atoms with van der Waals surface area (Å²) in [5, 5.41) is 5.12. The molecule has 0 unspecified atom stereocenters. The molecule has 0 N–H and O–H groups in total. The zero-order valence-electron chi connectivity index (χ0n) is 21.1. The van der Waals surface area contributed by atoms with Gasteiger partial charge in [0.25, 0.3) is 5.56 Å². The van der Waals surface area contributed by atoms with Gasteiger partial charge in [-0.05, 0) is 56.7 Å². The Morgan fingerprint density at radius 1 is 0.946 bits per heavy atom. The standard InChI is InChI=1S/C30H26N4O3/c1-19-17-23(21(3)33(19)27-16-10-14-24(20(27)2)30(36)37-4)18-31-34-28(22-11-6-5-7-12-22)32-26-15-9-8-13-25(26)29(34)35/h5-18H,1-4H3. The predicted octanol–water partition coefficient (Wildman–Crippen LogP) is 5.45. The molecule has 0 amide bonds. The number of fused-ring (bicyclic) bond motifs is 1. The van der Waals surface area contributed by atoms with E-state index in [1.165, 1.54) is 11.8 Å². The highest BCUT2D eigenvalue weighted by Gasteiger charge is 2.17. The number of para-hydroxylation sites is 1. The molecule has 0 radical (unpaired) electrons. The van der Waals surface area contributed by atoms with Crippen molar-refractivity contribution < 1.29 is 9.53 Å². The van der Waals surface area contributed by atoms with Crippen LogP contribution in [0.2, 0.25) is 0 Å². The predicted molar refractivity (Wildman–Crippen MR) is 146 cm³/mol. The number of esters is 1. The average Bonchev–Trinajstić information content (AvgIpc) is 3.20. The fraction of sp³-hybridized carbons (Fsp3) is 0.133. The minimum atomic E-state index is -0.375. The molecule has 3 aromatic carbocycles. The third-order valence-electron chi connectivity index (χ3n) is 6.52. The molecule has 37 heavy (non-hydrogen) atoms. The monoisotopic (exact) mass is 490 g/mol. The van der Waals surface area contributed by atoms with Gasteiger partial charge < -0.3 is 9.30 Å². The van der Waals surface area contributed by atoms with Crippen molar-refractivity contribution in [1.29, 1.82) is 0 Å². The molecule has 0 fully saturated rings. The van der Waals surface area contributed by atoms with Gasteiger partial charge in [-0.25, -0.2) is 9.78 Å². The van der Waals surface area contributed by atoms with Crippen molar-refractivity contribution in [3.05, 3.63) is 117 Å². The molecule has 0 aliphatic rings. The zero-order chi connectivity index (χ0) is 26.1. The molecular formula is C30H26N4O3. The number of hydrogen-bond acceptors (Lipinski definition) is 5. The molecule has 0 bridgehead atoms. The minimum absolute atomic E-state index is 0.240. The molecular weight excluding hydrogens is 464 g/mol. The van der Waals surface area contributed by atoms with E-state index >= 15 is 0 Å². The lowest BCUT2D eigenvalue weighted by molar-refractivity contribution is 0.0600. The summed E-state index contributed by atoms with van der Waals surface area (Å²) in [5.74, 6) is 0.0937. The molecule has 7 heteroatoms. The molecule has 5 rings (SSSR count). The van der Waals surface area contributed by atoms with E-state index in [1.807, 2.05) is 87.5 Å². The second kappa shape index (κ2) is 9.70. The van der Waals surface area contributed by atoms with Crippen LogP contribution in [0.4, 0.5) is 0 Å². The summed E-state index contributed by atoms with van der Waals surface area (Å²) in [6.45, 7) is 5.88. The minimum Gasteiger partial charge on any atom is -0.465 e. The number of aromatic nitrogens is 3. The van der Waals surface area contributed by atoms with E-state index in [0.29, 0.717) is 22.3 Å². The van der Waals surface area contributed by atoms with Gasteiger partial charge in [-0.1, -0.05) is 48.5 Å². The van der Waals surface area contributed by atoms with Gasteiger partial charge in [-0.15, -0.1) is 0 Å². The van der Waals surface area contributed by atoms with E-state index < -0.39 is 0 Å². The van der Waals surface area contributed by atoms with Crippen LogP contribution in [0, 0.1) is 20.8 Å². The highest BCUT2D eigenvalue weighted by atomic mass is 16.5. The SMILES string of the molecule is COC(=O)c1cccc(-n2c(C)cc(C=Nn3c(-c4ccccc4)nc4ccccc4c3=O)c2C)c1C. The first-order valence-electron chi connectivity index (χ1n) is 11.9. The molecule has 0 atom stereocenters. The topological polar surface area (TPSA) is 78.5 Å². The maximum absolute atomic E-state index is 13.5. The van der Waals surface area contributed by atoms with Gasteiger partial charge in [0.05, 0.1) is 29.8 Å². The summed E-state index contributed by atoms with van der Waals surface area (Å²) in [4.78, 5) is 30.4. The van der Waals surface area contributed by atoms with E-state index in [4.69, 9.17) is 9.72 Å². The lowest BCUT2D eigenvalue weighted by Gasteiger charge is -2.15. The lowest BCUT2D eigenvalue weighted by Crippen LogP contribution is -2.20. The van der Waals surface area contributed by atoms with E-state index in [9.17, 15) is 9.59 Å². The number of aryl methyl sites for hydroxylation is 1. The first-order chi connectivity index (χ1) is 17.9. The molecule has 2 aromatic heterocycles. The van der Waals surface area contributed by atoms with Gasteiger partial charge in [-0.3, -0.25) is 4.79 Å². The van der Waals surface area contributed by atoms with Gasteiger partial charge in [0.1, 0.15) is 0 Å². The van der Waals surface area contributed by atoms with Gasteiger partial charge in [0, 0.05) is 28.2 Å². The van der Waals surface area contributed by atoms with Crippen LogP contribution in [0.15, 0.2) is 88.8 Å². The number of hydrogen-bond donors (Lipinski definition) is 0. The molecule has 0 aliphatic carbocycles. The van der Waals surface area contributed by atoms with Crippen LogP contribution >= 0.6 is 0 Å². The van der Waals surface area contributed by atoms with Crippen molar-refractivity contribution in [2.24, 2.45) is 5.10 Å². The van der Waals surface area contributed by atoms with Gasteiger partial charge >= 0.3 is 5.97 Å². The maximum atomic E-state index is 13.5. The molecule has 0 spiro atoms. The van der Waals surface area contributed by atoms with Crippen LogP contribution in [0.25, 0.3) is 28.0 Å². The van der Waals surface area contributed by atoms with Crippen LogP contribution in [0.1, 0.15) is 32.9 Å². The molecule has 0 saturated carbocycles. The molecule has 7 nitrogen and oxygen atoms in total. The molecule has 184 valence electrons. The fourth-order valence-electron chi connectivity index (χ4n) is 4.61. The Hall–Kier alpha value is -4.78. The number of nitrogens with zero attached hydrogens (tertiary/aromatic N) is 4. The van der Waals surface area contributed by atoms with E-state index in [-0.39, 0.29) is 11.5 Å². The largest absolute Gasteiger partial charge is 0.465 e. The van der Waals surface area contributed by atoms with Crippen molar-refractivity contribution in [2.75, 3.05) is 7.11 Å². The Balaban J connectivity index is 1.64. The van der Waals surface area contributed by atoms with Crippen LogP contribution < -0.4 is 5.56 Å². The molecule has 0 aliphatic heterocycles. The second-order valence-electron chi connectivity index (χ2n) is 8.78. The van der Waals surface area contributed by atoms with Crippen LogP contribution in [-0.4, -0.2) is 33.5 Å². The number of methoxy groups -OCH3 is 1. The van der Waals surface area contributed by atoms with Crippen LogP contribution in [-0.2, 0) is 4.74 Å². The smallest absolute Gasteiger partial charge is 0.338 e. The summed E-state index contributed by atoms with van der Waals surface area (Å²) in [6, 6.07) is 24.4. The van der Waals surface area contributed by atoms with E-state index in [0.717, 1.165) is 33.8 Å². The van der Waals surface area contributed by atoms with Gasteiger partial charge in [0.15, 0.2) is 5.82 Å². The quantitative estimate of drug-likeness (QED) is 0.243. The summed E-state index contributed by atoms with van der Waals surface area (Å²) < 4.78 is 8.37. The van der Waals surface area contributed by atoms with Gasteiger partial charge in [0.2, 0.25) is 0 Å². The highest BCUT2D eigenvalue weighted by molar-refractivity contribution is 5.92. The number of benzene rings is 3. The first-order valence-corrected chi connectivity index (χ1v) is 11.9. The third-order valence-corrected chi connectivity index (χ3v) is 6.52. The summed E-state index contributed by atoms with van der Waals surface area (Å²) in [5.41, 5.74) is 6.14. The summed E-state index contributed by atoms with van der Waals surface area (Å²) in [7, 11) is 1.38. The fourth-order valence-corrected chi connectivity index (χ4v) is 4.61. The van der Waals surface area contributed by atoms with Crippen LogP contribution in [0.3, 0.4) is 0 Å². The number of carbonyl (C=O) groups is 1. The Bertz CT molecular complexity index is 1730. The second-order valence-corrected chi connectivity index (χ2v) is 8.78. The average molecular weight is 491 g/mol. The number of carbonyl (C=O) groups excluding carboxylic acids is 1. The number of ether oxygens (including phenoxy) is 1. The van der Waals surface area contributed by atoms with Crippen molar-refractivity contribution >= 4 is 23.1 Å². The normalized spacial score (nSPS) is 11.4. The number of rotatable bonds is 5. The molecule has 5 aromatic rings. The summed E-state index contributed by atoms with van der Waals surface area (Å²) >= 11 is 0. The Morgan fingerprint density at radius 3 is 2.43 bits per heavy atom. The third kappa shape index (κ3) is 4.25. The van der Waals surface area contributed by atoms with Crippen molar-refractivity contribution in [3.8, 4) is 17.1 Å².